The van der Waals surface area contributed by atoms with Crippen molar-refractivity contribution in [2.24, 2.45) is 0 Å². The number of aromatic nitrogens is 2. The minimum atomic E-state index is 0.0190. The van der Waals surface area contributed by atoms with Crippen LogP contribution in [-0.2, 0) is 9.53 Å². The molecule has 0 saturated carbocycles. The van der Waals surface area contributed by atoms with Crippen LogP contribution >= 0.6 is 0 Å². The third kappa shape index (κ3) is 4.54. The number of hydrogen-bond acceptors (Lipinski definition) is 6. The maximum Gasteiger partial charge on any atom is 0.227 e. The van der Waals surface area contributed by atoms with Crippen LogP contribution in [0.2, 0.25) is 0 Å². The van der Waals surface area contributed by atoms with Crippen molar-refractivity contribution in [3.05, 3.63) is 12.3 Å². The lowest BCUT2D eigenvalue weighted by Gasteiger charge is -2.33. The van der Waals surface area contributed by atoms with E-state index in [1.165, 1.54) is 0 Å². The molecule has 0 aromatic carbocycles. The highest BCUT2D eigenvalue weighted by Gasteiger charge is 2.22. The van der Waals surface area contributed by atoms with Crippen LogP contribution < -0.4 is 15.5 Å². The summed E-state index contributed by atoms with van der Waals surface area (Å²) < 4.78 is 5.50. The Hall–Kier alpha value is -1.89. The second kappa shape index (κ2) is 7.59. The van der Waals surface area contributed by atoms with Gasteiger partial charge in [-0.05, 0) is 31.7 Å². The lowest BCUT2D eigenvalue weighted by atomic mass is 10.1. The fourth-order valence-corrected chi connectivity index (χ4v) is 3.21. The number of nitrogens with zero attached hydrogens (tertiary/aromatic N) is 3. The molecule has 7 heteroatoms. The minimum Gasteiger partial charge on any atom is -0.379 e. The average molecular weight is 319 g/mol. The Morgan fingerprint density at radius 2 is 2.22 bits per heavy atom. The Morgan fingerprint density at radius 3 is 3.00 bits per heavy atom. The van der Waals surface area contributed by atoms with Crippen molar-refractivity contribution in [1.82, 2.24) is 15.3 Å². The smallest absolute Gasteiger partial charge is 0.227 e. The molecule has 0 unspecified atom stereocenters. The van der Waals surface area contributed by atoms with Crippen LogP contribution in [0.25, 0.3) is 0 Å². The van der Waals surface area contributed by atoms with Crippen LogP contribution in [0, 0.1) is 0 Å². The van der Waals surface area contributed by atoms with Gasteiger partial charge in [-0.25, -0.2) is 4.98 Å². The molecule has 2 N–H and O–H groups in total. The van der Waals surface area contributed by atoms with Gasteiger partial charge >= 0.3 is 0 Å². The maximum atomic E-state index is 11.2. The third-order valence-corrected chi connectivity index (χ3v) is 4.27. The molecule has 1 amide bonds. The number of carbonyl (C=O) groups excluding carboxylic acids is 1. The standard InChI is InChI=1S/C16H25N5O2/c1-12(22)18-13-4-2-8-21(10-13)16-17-7-6-15(20-16)19-14-5-3-9-23-11-14/h6-7,13-14H,2-5,8-11H2,1H3,(H,18,22)(H,17,19,20)/t13-,14-/m0/s1. The van der Waals surface area contributed by atoms with Crippen molar-refractivity contribution in [2.75, 3.05) is 36.5 Å². The lowest BCUT2D eigenvalue weighted by molar-refractivity contribution is -0.119. The van der Waals surface area contributed by atoms with E-state index < -0.39 is 0 Å². The number of piperidine rings is 1. The van der Waals surface area contributed by atoms with Crippen LogP contribution in [0.15, 0.2) is 12.3 Å². The van der Waals surface area contributed by atoms with E-state index in [4.69, 9.17) is 4.74 Å². The number of rotatable bonds is 4. The number of carbonyl (C=O) groups is 1. The van der Waals surface area contributed by atoms with Gasteiger partial charge in [0.2, 0.25) is 11.9 Å². The molecular formula is C16H25N5O2. The average Bonchev–Trinajstić information content (AvgIpc) is 2.56. The van der Waals surface area contributed by atoms with E-state index in [1.807, 2.05) is 6.07 Å². The summed E-state index contributed by atoms with van der Waals surface area (Å²) in [4.78, 5) is 22.4. The zero-order chi connectivity index (χ0) is 16.1. The van der Waals surface area contributed by atoms with Crippen LogP contribution in [0.1, 0.15) is 32.6 Å². The molecule has 1 aromatic rings. The predicted octanol–water partition coefficient (Wildman–Crippen LogP) is 1.17. The Labute approximate surface area is 136 Å². The number of nitrogens with one attached hydrogen (secondary N) is 2. The summed E-state index contributed by atoms with van der Waals surface area (Å²) in [6.45, 7) is 4.83. The van der Waals surface area contributed by atoms with Crippen LogP contribution in [0.4, 0.5) is 11.8 Å². The zero-order valence-electron chi connectivity index (χ0n) is 13.6. The Kier molecular flexibility index (Phi) is 5.27. The topological polar surface area (TPSA) is 79.4 Å². The van der Waals surface area contributed by atoms with Gasteiger partial charge < -0.3 is 20.3 Å². The fourth-order valence-electron chi connectivity index (χ4n) is 3.21. The summed E-state index contributed by atoms with van der Waals surface area (Å²) in [6.07, 6.45) is 6.01. The number of amides is 1. The van der Waals surface area contributed by atoms with Crippen molar-refractivity contribution >= 4 is 17.7 Å². The van der Waals surface area contributed by atoms with E-state index in [9.17, 15) is 4.79 Å². The summed E-state index contributed by atoms with van der Waals surface area (Å²) >= 11 is 0. The summed E-state index contributed by atoms with van der Waals surface area (Å²) in [7, 11) is 0. The van der Waals surface area contributed by atoms with Gasteiger partial charge in [0.25, 0.3) is 0 Å². The highest BCUT2D eigenvalue weighted by molar-refractivity contribution is 5.73. The molecule has 3 rings (SSSR count). The molecule has 0 bridgehead atoms. The molecule has 0 aliphatic carbocycles. The first-order valence-electron chi connectivity index (χ1n) is 8.40. The number of ether oxygens (including phenoxy) is 1. The number of anilines is 2. The van der Waals surface area contributed by atoms with Crippen molar-refractivity contribution in [3.63, 3.8) is 0 Å². The largest absolute Gasteiger partial charge is 0.379 e. The van der Waals surface area contributed by atoms with Crippen LogP contribution in [0.3, 0.4) is 0 Å². The monoisotopic (exact) mass is 319 g/mol. The fraction of sp³-hybridized carbons (Fsp3) is 0.688. The van der Waals surface area contributed by atoms with E-state index in [0.717, 1.165) is 63.8 Å². The van der Waals surface area contributed by atoms with Gasteiger partial charge in [0.1, 0.15) is 5.82 Å². The second-order valence-corrected chi connectivity index (χ2v) is 6.29. The first-order chi connectivity index (χ1) is 11.2. The Balaban J connectivity index is 1.62. The molecule has 2 fully saturated rings. The second-order valence-electron chi connectivity index (χ2n) is 6.29. The first kappa shape index (κ1) is 16.0. The van der Waals surface area contributed by atoms with Gasteiger partial charge in [0.05, 0.1) is 12.6 Å². The zero-order valence-corrected chi connectivity index (χ0v) is 13.6. The molecule has 23 heavy (non-hydrogen) atoms. The molecule has 126 valence electrons. The predicted molar refractivity (Wildman–Crippen MR) is 88.5 cm³/mol. The van der Waals surface area contributed by atoms with Crippen molar-refractivity contribution < 1.29 is 9.53 Å². The van der Waals surface area contributed by atoms with Gasteiger partial charge in [0, 0.05) is 38.9 Å². The first-order valence-corrected chi connectivity index (χ1v) is 8.40. The molecule has 3 heterocycles. The molecule has 2 aliphatic rings. The minimum absolute atomic E-state index is 0.0190. The van der Waals surface area contributed by atoms with Crippen molar-refractivity contribution in [1.29, 1.82) is 0 Å². The van der Waals surface area contributed by atoms with E-state index in [0.29, 0.717) is 6.04 Å². The van der Waals surface area contributed by atoms with E-state index >= 15 is 0 Å². The van der Waals surface area contributed by atoms with Crippen molar-refractivity contribution in [2.45, 2.75) is 44.7 Å². The highest BCUT2D eigenvalue weighted by Crippen LogP contribution is 2.19. The normalized spacial score (nSPS) is 25.0. The molecule has 2 atom stereocenters. The molecule has 2 saturated heterocycles. The Morgan fingerprint density at radius 1 is 1.35 bits per heavy atom. The summed E-state index contributed by atoms with van der Waals surface area (Å²) in [6, 6.07) is 2.39. The highest BCUT2D eigenvalue weighted by atomic mass is 16.5. The Bertz CT molecular complexity index is 533. The maximum absolute atomic E-state index is 11.2. The summed E-state index contributed by atoms with van der Waals surface area (Å²) in [5.41, 5.74) is 0. The van der Waals surface area contributed by atoms with Crippen LogP contribution in [0.5, 0.6) is 0 Å². The molecule has 0 radical (unpaired) electrons. The molecule has 7 nitrogen and oxygen atoms in total. The van der Waals surface area contributed by atoms with Gasteiger partial charge in [-0.2, -0.15) is 4.98 Å². The molecule has 2 aliphatic heterocycles. The van der Waals surface area contributed by atoms with Gasteiger partial charge in [-0.15, -0.1) is 0 Å². The van der Waals surface area contributed by atoms with E-state index in [1.54, 1.807) is 13.1 Å². The molecular weight excluding hydrogens is 294 g/mol. The quantitative estimate of drug-likeness (QED) is 0.867. The van der Waals surface area contributed by atoms with Crippen LogP contribution in [-0.4, -0.2) is 54.3 Å². The van der Waals surface area contributed by atoms with Gasteiger partial charge in [-0.3, -0.25) is 4.79 Å². The third-order valence-electron chi connectivity index (χ3n) is 4.27. The summed E-state index contributed by atoms with van der Waals surface area (Å²) in [5, 5.41) is 6.42. The van der Waals surface area contributed by atoms with E-state index in [-0.39, 0.29) is 11.9 Å². The van der Waals surface area contributed by atoms with Gasteiger partial charge in [0.15, 0.2) is 0 Å². The SMILES string of the molecule is CC(=O)N[C@H]1CCCN(c2nccc(N[C@H]3CCCOC3)n2)C1. The molecule has 0 spiro atoms. The lowest BCUT2D eigenvalue weighted by Crippen LogP contribution is -2.47. The molecule has 1 aromatic heterocycles. The van der Waals surface area contributed by atoms with Crippen molar-refractivity contribution in [3.8, 4) is 0 Å². The van der Waals surface area contributed by atoms with E-state index in [2.05, 4.69) is 25.5 Å². The van der Waals surface area contributed by atoms with Gasteiger partial charge in [-0.1, -0.05) is 0 Å². The summed E-state index contributed by atoms with van der Waals surface area (Å²) in [5.74, 6) is 1.58. The number of hydrogen-bond donors (Lipinski definition) is 2.